The van der Waals surface area contributed by atoms with Crippen molar-refractivity contribution in [3.63, 3.8) is 0 Å². The van der Waals surface area contributed by atoms with E-state index in [0.717, 1.165) is 17.4 Å². The van der Waals surface area contributed by atoms with E-state index in [4.69, 9.17) is 30.5 Å². The largest absolute Gasteiger partial charge is 0.493 e. The topological polar surface area (TPSA) is 111 Å². The lowest BCUT2D eigenvalue weighted by Crippen LogP contribution is -2.31. The number of aryl methyl sites for hydroxylation is 1. The molecule has 0 radical (unpaired) electrons. The molecule has 1 aliphatic rings. The van der Waals surface area contributed by atoms with Gasteiger partial charge in [-0.15, -0.1) is 11.6 Å². The van der Waals surface area contributed by atoms with Crippen LogP contribution in [0.4, 0.5) is 16.2 Å². The van der Waals surface area contributed by atoms with E-state index in [-0.39, 0.29) is 17.9 Å². The molecule has 1 fully saturated rings. The number of hydrogen-bond donors (Lipinski definition) is 2. The van der Waals surface area contributed by atoms with Crippen molar-refractivity contribution in [2.45, 2.75) is 19.4 Å². The Labute approximate surface area is 248 Å². The predicted octanol–water partition coefficient (Wildman–Crippen LogP) is 6.22. The van der Waals surface area contributed by atoms with Crippen LogP contribution in [0.5, 0.6) is 28.7 Å². The van der Waals surface area contributed by atoms with Gasteiger partial charge in [-0.1, -0.05) is 6.07 Å². The molecule has 3 aromatic carbocycles. The Morgan fingerprint density at radius 1 is 0.929 bits per heavy atom. The van der Waals surface area contributed by atoms with Crippen molar-refractivity contribution in [2.75, 3.05) is 43.8 Å². The highest BCUT2D eigenvalue weighted by atomic mass is 35.5. The molecule has 1 unspecified atom stereocenters. The molecule has 0 aliphatic carbocycles. The van der Waals surface area contributed by atoms with Gasteiger partial charge in [0.05, 0.1) is 26.3 Å². The molecule has 1 atom stereocenters. The average Bonchev–Trinajstić information content (AvgIpc) is 3.47. The highest BCUT2D eigenvalue weighted by Crippen LogP contribution is 2.38. The summed E-state index contributed by atoms with van der Waals surface area (Å²) in [6, 6.07) is 17.5. The van der Waals surface area contributed by atoms with Gasteiger partial charge in [0.1, 0.15) is 29.2 Å². The summed E-state index contributed by atoms with van der Waals surface area (Å²) in [7, 11) is 3.15. The Morgan fingerprint density at radius 3 is 2.38 bits per heavy atom. The fourth-order valence-electron chi connectivity index (χ4n) is 4.68. The minimum atomic E-state index is -0.407. The number of fused-ring (bicyclic) bond motifs is 1. The van der Waals surface area contributed by atoms with Gasteiger partial charge < -0.3 is 34.5 Å². The highest BCUT2D eigenvalue weighted by molar-refractivity contribution is 6.27. The maximum atomic E-state index is 12.8. The van der Waals surface area contributed by atoms with Crippen molar-refractivity contribution in [3.8, 4) is 28.7 Å². The fraction of sp³-hybridized carbons (Fsp3) is 0.258. The molecule has 3 amide bonds. The van der Waals surface area contributed by atoms with E-state index in [0.29, 0.717) is 58.7 Å². The Bertz CT molecular complexity index is 1600. The maximum absolute atomic E-state index is 12.8. The molecule has 5 rings (SSSR count). The fourth-order valence-corrected chi connectivity index (χ4v) is 4.85. The molecular weight excluding hydrogens is 560 g/mol. The Hall–Kier alpha value is -4.70. The van der Waals surface area contributed by atoms with Crippen molar-refractivity contribution in [1.82, 2.24) is 9.88 Å². The summed E-state index contributed by atoms with van der Waals surface area (Å²) in [4.78, 5) is 30.7. The maximum Gasteiger partial charge on any atom is 0.323 e. The molecule has 0 bridgehead atoms. The number of aromatic nitrogens is 1. The van der Waals surface area contributed by atoms with Crippen LogP contribution in [0.15, 0.2) is 66.9 Å². The molecule has 4 aromatic rings. The second-order valence-corrected chi connectivity index (χ2v) is 9.99. The number of nitrogens with zero attached hydrogens (tertiary/aromatic N) is 2. The zero-order valence-electron chi connectivity index (χ0n) is 23.5. The summed E-state index contributed by atoms with van der Waals surface area (Å²) >= 11 is 5.65. The lowest BCUT2D eigenvalue weighted by molar-refractivity contribution is -0.127. The van der Waals surface area contributed by atoms with Gasteiger partial charge in [0, 0.05) is 48.1 Å². The number of benzene rings is 3. The number of halogens is 1. The molecule has 10 nitrogen and oxygen atoms in total. The first kappa shape index (κ1) is 28.8. The van der Waals surface area contributed by atoms with E-state index >= 15 is 0 Å². The summed E-state index contributed by atoms with van der Waals surface area (Å²) in [5, 5.41) is 6.43. The van der Waals surface area contributed by atoms with Gasteiger partial charge in [-0.25, -0.2) is 4.79 Å². The molecule has 11 heteroatoms. The predicted molar refractivity (Wildman–Crippen MR) is 162 cm³/mol. The van der Waals surface area contributed by atoms with Crippen LogP contribution in [0.25, 0.3) is 10.9 Å². The lowest BCUT2D eigenvalue weighted by Gasteiger charge is -2.16. The van der Waals surface area contributed by atoms with Crippen LogP contribution < -0.4 is 29.6 Å². The SMILES string of the molecule is COc1cc2nccc(Oc3cc(NC(=O)Nc4ccc(OC5CCN(C(=O)CCl)C5)cc4)ccc3C)c2cc1OC. The number of ether oxygens (including phenoxy) is 4. The van der Waals surface area contributed by atoms with E-state index in [2.05, 4.69) is 15.6 Å². The molecule has 1 aromatic heterocycles. The number of amides is 3. The molecule has 1 aliphatic heterocycles. The Morgan fingerprint density at radius 2 is 1.64 bits per heavy atom. The molecule has 2 heterocycles. The second kappa shape index (κ2) is 12.9. The first-order valence-electron chi connectivity index (χ1n) is 13.3. The van der Waals surface area contributed by atoms with E-state index in [1.54, 1.807) is 73.8 Å². The normalized spacial score (nSPS) is 14.4. The number of methoxy groups -OCH3 is 2. The summed E-state index contributed by atoms with van der Waals surface area (Å²) in [6.45, 7) is 3.07. The number of urea groups is 1. The summed E-state index contributed by atoms with van der Waals surface area (Å²) in [6.07, 6.45) is 2.32. The van der Waals surface area contributed by atoms with Crippen LogP contribution in [-0.4, -0.2) is 61.1 Å². The third-order valence-corrected chi connectivity index (χ3v) is 7.13. The number of nitrogens with one attached hydrogen (secondary N) is 2. The highest BCUT2D eigenvalue weighted by Gasteiger charge is 2.27. The molecule has 0 spiro atoms. The van der Waals surface area contributed by atoms with E-state index in [1.165, 1.54) is 0 Å². The van der Waals surface area contributed by atoms with Crippen LogP contribution in [0.2, 0.25) is 0 Å². The van der Waals surface area contributed by atoms with Crippen LogP contribution in [0.3, 0.4) is 0 Å². The number of anilines is 2. The zero-order chi connectivity index (χ0) is 29.6. The van der Waals surface area contributed by atoms with Crippen molar-refractivity contribution in [1.29, 1.82) is 0 Å². The van der Waals surface area contributed by atoms with Gasteiger partial charge in [0.15, 0.2) is 11.5 Å². The number of alkyl halides is 1. The first-order chi connectivity index (χ1) is 20.4. The van der Waals surface area contributed by atoms with Crippen LogP contribution in [0, 0.1) is 6.92 Å². The van der Waals surface area contributed by atoms with Gasteiger partial charge >= 0.3 is 6.03 Å². The van der Waals surface area contributed by atoms with Gasteiger partial charge in [-0.3, -0.25) is 9.78 Å². The summed E-state index contributed by atoms with van der Waals surface area (Å²) in [5.74, 6) is 2.85. The van der Waals surface area contributed by atoms with Crippen LogP contribution in [-0.2, 0) is 4.79 Å². The smallest absolute Gasteiger partial charge is 0.323 e. The van der Waals surface area contributed by atoms with Gasteiger partial charge in [0.25, 0.3) is 0 Å². The second-order valence-electron chi connectivity index (χ2n) is 9.72. The number of likely N-dealkylation sites (tertiary alicyclic amines) is 1. The minimum absolute atomic E-state index is 0.0281. The number of hydrogen-bond acceptors (Lipinski definition) is 7. The third kappa shape index (κ3) is 6.60. The van der Waals surface area contributed by atoms with Crippen molar-refractivity contribution in [2.24, 2.45) is 0 Å². The Kier molecular flexibility index (Phi) is 8.83. The zero-order valence-corrected chi connectivity index (χ0v) is 24.2. The quantitative estimate of drug-likeness (QED) is 0.223. The van der Waals surface area contributed by atoms with Crippen molar-refractivity contribution in [3.05, 3.63) is 72.4 Å². The van der Waals surface area contributed by atoms with E-state index in [9.17, 15) is 9.59 Å². The lowest BCUT2D eigenvalue weighted by atomic mass is 10.1. The number of pyridine rings is 1. The minimum Gasteiger partial charge on any atom is -0.493 e. The molecule has 42 heavy (non-hydrogen) atoms. The van der Waals surface area contributed by atoms with Crippen molar-refractivity contribution >= 4 is 45.8 Å². The molecule has 2 N–H and O–H groups in total. The van der Waals surface area contributed by atoms with E-state index < -0.39 is 6.03 Å². The third-order valence-electron chi connectivity index (χ3n) is 6.90. The number of rotatable bonds is 9. The number of carbonyl (C=O) groups excluding carboxylic acids is 2. The average molecular weight is 591 g/mol. The summed E-state index contributed by atoms with van der Waals surface area (Å²) in [5.41, 5.74) is 2.74. The van der Waals surface area contributed by atoms with Crippen LogP contribution in [0.1, 0.15) is 12.0 Å². The summed E-state index contributed by atoms with van der Waals surface area (Å²) < 4.78 is 23.1. The molecular formula is C31H31ClN4O6. The monoisotopic (exact) mass is 590 g/mol. The first-order valence-corrected chi connectivity index (χ1v) is 13.9. The molecule has 1 saturated heterocycles. The van der Waals surface area contributed by atoms with Gasteiger partial charge in [-0.05, 0) is 55.0 Å². The molecule has 218 valence electrons. The van der Waals surface area contributed by atoms with Gasteiger partial charge in [-0.2, -0.15) is 0 Å². The van der Waals surface area contributed by atoms with Crippen molar-refractivity contribution < 1.29 is 28.5 Å². The standard InChI is InChI=1S/C31H31ClN4O6/c1-19-4-5-21(14-27(19)42-26-10-12-33-25-16-29(40-3)28(39-2)15-24(25)26)35-31(38)34-20-6-8-22(9-7-20)41-23-11-13-36(18-23)30(37)17-32/h4-10,12,14-16,23H,11,13,17-18H2,1-3H3,(H2,34,35,38). The van der Waals surface area contributed by atoms with Gasteiger partial charge in [0.2, 0.25) is 5.91 Å². The Balaban J connectivity index is 1.22. The van der Waals surface area contributed by atoms with E-state index in [1.807, 2.05) is 19.1 Å². The molecule has 0 saturated carbocycles. The van der Waals surface area contributed by atoms with Crippen LogP contribution >= 0.6 is 11.6 Å². The number of carbonyl (C=O) groups is 2.